The Kier molecular flexibility index (Phi) is 11.0. The van der Waals surface area contributed by atoms with E-state index in [1.165, 1.54) is 0 Å². The van der Waals surface area contributed by atoms with E-state index in [1.54, 1.807) is 6.07 Å². The second kappa shape index (κ2) is 14.9. The van der Waals surface area contributed by atoms with Crippen molar-refractivity contribution in [1.29, 1.82) is 0 Å². The van der Waals surface area contributed by atoms with Gasteiger partial charge in [0.15, 0.2) is 0 Å². The Morgan fingerprint density at radius 1 is 0.936 bits per heavy atom. The number of carbonyl (C=O) groups excluding carboxylic acids is 2. The number of amides is 3. The molecule has 1 aliphatic heterocycles. The van der Waals surface area contributed by atoms with Crippen molar-refractivity contribution in [3.63, 3.8) is 0 Å². The maximum atomic E-state index is 13.7. The Bertz CT molecular complexity index is 1490. The number of nitrogens with one attached hydrogen (secondary N) is 3. The third-order valence-corrected chi connectivity index (χ3v) is 10.0. The van der Waals surface area contributed by atoms with Crippen molar-refractivity contribution in [3.05, 3.63) is 96.1 Å². The first-order chi connectivity index (χ1) is 22.4. The van der Waals surface area contributed by atoms with Crippen LogP contribution in [0, 0.1) is 17.3 Å². The molecular weight excluding hydrogens is 589 g/mol. The Balaban J connectivity index is 1.27. The van der Waals surface area contributed by atoms with Crippen LogP contribution in [-0.2, 0) is 27.1 Å². The molecule has 3 amide bonds. The number of benzene rings is 3. The van der Waals surface area contributed by atoms with Crippen LogP contribution in [0.25, 0.3) is 0 Å². The Labute approximate surface area is 280 Å². The highest BCUT2D eigenvalue weighted by Gasteiger charge is 2.59. The molecule has 3 aromatic rings. The van der Waals surface area contributed by atoms with Gasteiger partial charge in [-0.1, -0.05) is 101 Å². The molecule has 1 saturated carbocycles. The maximum Gasteiger partial charge on any atom is 0.481 e. The predicted octanol–water partition coefficient (Wildman–Crippen LogP) is 7.19. The average molecular weight is 640 g/mol. The van der Waals surface area contributed by atoms with E-state index in [0.29, 0.717) is 30.9 Å². The molecule has 1 aliphatic carbocycles. The summed E-state index contributed by atoms with van der Waals surface area (Å²) < 4.78 is 19.2. The molecule has 0 radical (unpaired) electrons. The van der Waals surface area contributed by atoms with Crippen LogP contribution in [0.3, 0.4) is 0 Å². The average Bonchev–Trinajstić information content (AvgIpc) is 3.40. The van der Waals surface area contributed by atoms with Crippen LogP contribution >= 0.6 is 0 Å². The van der Waals surface area contributed by atoms with E-state index >= 15 is 0 Å². The van der Waals surface area contributed by atoms with Crippen molar-refractivity contribution in [2.24, 2.45) is 17.3 Å². The first-order valence-electron chi connectivity index (χ1n) is 16.9. The van der Waals surface area contributed by atoms with Gasteiger partial charge >= 0.3 is 13.1 Å². The summed E-state index contributed by atoms with van der Waals surface area (Å²) in [5.74, 6) is 0.501. The molecule has 0 spiro atoms. The Morgan fingerprint density at radius 2 is 1.62 bits per heavy atom. The number of carbonyl (C=O) groups is 2. The molecule has 250 valence electrons. The SMILES string of the molecule is CC(C)C[C@H](NC(=O)N[C@@H](Cc1ccccc1)C(=O)Nc1cccc(OCc2ccccc2)c1)B1OC2CCC(C)(C)[C@@H](C)[C@@]2(C)O1. The highest BCUT2D eigenvalue weighted by molar-refractivity contribution is 6.47. The van der Waals surface area contributed by atoms with Gasteiger partial charge in [-0.25, -0.2) is 4.79 Å². The quantitative estimate of drug-likeness (QED) is 0.182. The third kappa shape index (κ3) is 8.76. The lowest BCUT2D eigenvalue weighted by Crippen LogP contribution is -2.56. The van der Waals surface area contributed by atoms with Gasteiger partial charge in [-0.2, -0.15) is 0 Å². The van der Waals surface area contributed by atoms with E-state index in [4.69, 9.17) is 14.0 Å². The fourth-order valence-electron chi connectivity index (χ4n) is 6.87. The number of rotatable bonds is 12. The fraction of sp³-hybridized carbons (Fsp3) is 0.474. The molecule has 9 heteroatoms. The zero-order valence-corrected chi connectivity index (χ0v) is 28.6. The summed E-state index contributed by atoms with van der Waals surface area (Å²) in [5.41, 5.74) is 2.26. The van der Waals surface area contributed by atoms with Crippen molar-refractivity contribution in [2.45, 2.75) is 97.5 Å². The predicted molar refractivity (Wildman–Crippen MR) is 187 cm³/mol. The molecule has 3 N–H and O–H groups in total. The van der Waals surface area contributed by atoms with E-state index in [-0.39, 0.29) is 35.2 Å². The van der Waals surface area contributed by atoms with Gasteiger partial charge < -0.3 is 30.0 Å². The lowest BCUT2D eigenvalue weighted by molar-refractivity contribution is -0.117. The number of anilines is 1. The van der Waals surface area contributed by atoms with E-state index in [9.17, 15) is 9.59 Å². The van der Waals surface area contributed by atoms with Crippen molar-refractivity contribution in [2.75, 3.05) is 5.32 Å². The minimum Gasteiger partial charge on any atom is -0.489 e. The number of hydrogen-bond acceptors (Lipinski definition) is 5. The zero-order chi connectivity index (χ0) is 33.6. The molecule has 2 aliphatic rings. The van der Waals surface area contributed by atoms with Crippen LogP contribution in [0.1, 0.15) is 71.9 Å². The highest BCUT2D eigenvalue weighted by atomic mass is 16.7. The molecule has 5 atom stereocenters. The van der Waals surface area contributed by atoms with Gasteiger partial charge in [0.25, 0.3) is 0 Å². The van der Waals surface area contributed by atoms with Crippen molar-refractivity contribution >= 4 is 24.7 Å². The van der Waals surface area contributed by atoms with Crippen molar-refractivity contribution < 1.29 is 23.6 Å². The fourth-order valence-corrected chi connectivity index (χ4v) is 6.87. The summed E-state index contributed by atoms with van der Waals surface area (Å²) in [5, 5.41) is 9.08. The molecule has 1 saturated heterocycles. The summed E-state index contributed by atoms with van der Waals surface area (Å²) in [6, 6.07) is 25.6. The van der Waals surface area contributed by atoms with Crippen molar-refractivity contribution in [1.82, 2.24) is 10.6 Å². The lowest BCUT2D eigenvalue weighted by Gasteiger charge is -2.49. The smallest absolute Gasteiger partial charge is 0.481 e. The van der Waals surface area contributed by atoms with Crippen LogP contribution < -0.4 is 20.7 Å². The molecule has 0 bridgehead atoms. The summed E-state index contributed by atoms with van der Waals surface area (Å²) in [6.45, 7) is 13.6. The van der Waals surface area contributed by atoms with Gasteiger partial charge in [0.2, 0.25) is 5.91 Å². The molecule has 0 aromatic heterocycles. The summed E-state index contributed by atoms with van der Waals surface area (Å²) in [6.07, 6.45) is 2.94. The Hall–Kier alpha value is -3.82. The number of hydrogen-bond donors (Lipinski definition) is 3. The van der Waals surface area contributed by atoms with E-state index in [0.717, 1.165) is 24.0 Å². The largest absolute Gasteiger partial charge is 0.489 e. The number of fused-ring (bicyclic) bond motifs is 1. The minimum absolute atomic E-state index is 0.0286. The first kappa shape index (κ1) is 34.5. The van der Waals surface area contributed by atoms with Gasteiger partial charge in [-0.3, -0.25) is 4.79 Å². The summed E-state index contributed by atoms with van der Waals surface area (Å²) in [7, 11) is -0.575. The highest BCUT2D eigenvalue weighted by Crippen LogP contribution is 2.52. The molecule has 1 heterocycles. The maximum absolute atomic E-state index is 13.7. The van der Waals surface area contributed by atoms with Crippen LogP contribution in [0.5, 0.6) is 5.75 Å². The number of ether oxygens (including phenoxy) is 1. The molecule has 1 unspecified atom stereocenters. The minimum atomic E-state index is -0.836. The molecule has 8 nitrogen and oxygen atoms in total. The molecule has 5 rings (SSSR count). The van der Waals surface area contributed by atoms with Gasteiger partial charge in [0.1, 0.15) is 18.4 Å². The van der Waals surface area contributed by atoms with Crippen LogP contribution in [0.4, 0.5) is 10.5 Å². The van der Waals surface area contributed by atoms with Crippen molar-refractivity contribution in [3.8, 4) is 5.75 Å². The van der Waals surface area contributed by atoms with Gasteiger partial charge in [-0.05, 0) is 66.7 Å². The second-order valence-electron chi connectivity index (χ2n) is 14.4. The lowest BCUT2D eigenvalue weighted by atomic mass is 9.61. The monoisotopic (exact) mass is 639 g/mol. The molecule has 47 heavy (non-hydrogen) atoms. The zero-order valence-electron chi connectivity index (χ0n) is 28.6. The van der Waals surface area contributed by atoms with Crippen LogP contribution in [-0.4, -0.2) is 42.7 Å². The number of urea groups is 1. The van der Waals surface area contributed by atoms with Gasteiger partial charge in [-0.15, -0.1) is 0 Å². The molecule has 3 aromatic carbocycles. The van der Waals surface area contributed by atoms with E-state index in [1.807, 2.05) is 78.9 Å². The van der Waals surface area contributed by atoms with Gasteiger partial charge in [0, 0.05) is 18.2 Å². The third-order valence-electron chi connectivity index (χ3n) is 10.0. The molecular formula is C38H50BN3O5. The summed E-state index contributed by atoms with van der Waals surface area (Å²) >= 11 is 0. The summed E-state index contributed by atoms with van der Waals surface area (Å²) in [4.78, 5) is 27.4. The van der Waals surface area contributed by atoms with Crippen LogP contribution in [0.15, 0.2) is 84.9 Å². The standard InChI is InChI=1S/C38H50BN3O5/c1-26(2)22-34(39-46-33-20-21-37(4,5)27(3)38(33,6)47-39)42-36(44)41-32(23-28-14-9-7-10-15-28)35(43)40-30-18-13-19-31(24-30)45-25-29-16-11-8-12-17-29/h7-19,24,26-27,32-34H,20-23,25H2,1-6H3,(H,40,43)(H2,41,42,44)/t27-,32+,33?,34+,38-/m1/s1. The topological polar surface area (TPSA) is 97.9 Å². The Morgan fingerprint density at radius 3 is 2.30 bits per heavy atom. The van der Waals surface area contributed by atoms with Gasteiger partial charge in [0.05, 0.1) is 17.6 Å². The molecule has 2 fully saturated rings. The van der Waals surface area contributed by atoms with E-state index < -0.39 is 24.8 Å². The first-order valence-corrected chi connectivity index (χ1v) is 16.9. The normalized spacial score (nSPS) is 23.0. The van der Waals surface area contributed by atoms with Crippen LogP contribution in [0.2, 0.25) is 0 Å². The van der Waals surface area contributed by atoms with E-state index in [2.05, 4.69) is 57.5 Å². The second-order valence-corrected chi connectivity index (χ2v) is 14.4.